The van der Waals surface area contributed by atoms with Gasteiger partial charge >= 0.3 is 0 Å². The average molecular weight is 473 g/mol. The van der Waals surface area contributed by atoms with Crippen LogP contribution in [0.2, 0.25) is 0 Å². The van der Waals surface area contributed by atoms with E-state index in [1.54, 1.807) is 0 Å². The van der Waals surface area contributed by atoms with Gasteiger partial charge in [-0.05, 0) is 68.6 Å². The highest BCUT2D eigenvalue weighted by atomic mass is 16.3. The molecule has 0 bridgehead atoms. The Morgan fingerprint density at radius 1 is 1.00 bits per heavy atom. The number of para-hydroxylation sites is 1. The molecule has 4 nitrogen and oxygen atoms in total. The Morgan fingerprint density at radius 3 is 2.54 bits per heavy atom. The van der Waals surface area contributed by atoms with E-state index in [0.717, 1.165) is 38.1 Å². The maximum atomic E-state index is 13.3. The first-order valence-corrected chi connectivity index (χ1v) is 13.7. The maximum Gasteiger partial charge on any atom is 0.221 e. The number of aliphatic hydroxyl groups excluding tert-OH is 1. The van der Waals surface area contributed by atoms with Crippen LogP contribution in [0.3, 0.4) is 0 Å². The summed E-state index contributed by atoms with van der Waals surface area (Å²) in [6, 6.07) is 17.5. The number of hydrogen-bond donors (Lipinski definition) is 2. The SMILES string of the molecule is Cc1cccc(C(CC(=O)NC2CCC(O)CC2)c2cn(CC3CCCCC3)c3ccccc23)c1. The largest absolute Gasteiger partial charge is 0.393 e. The molecule has 35 heavy (non-hydrogen) atoms. The van der Waals surface area contributed by atoms with Crippen molar-refractivity contribution in [1.29, 1.82) is 0 Å². The average Bonchev–Trinajstić information content (AvgIpc) is 3.23. The molecule has 2 aliphatic carbocycles. The molecule has 0 saturated heterocycles. The number of nitrogens with one attached hydrogen (secondary N) is 1. The van der Waals surface area contributed by atoms with Crippen molar-refractivity contribution in [3.05, 3.63) is 71.4 Å². The highest BCUT2D eigenvalue weighted by Gasteiger charge is 2.26. The third-order valence-electron chi connectivity index (χ3n) is 8.27. The number of aromatic nitrogens is 1. The molecule has 1 amide bonds. The predicted molar refractivity (Wildman–Crippen MR) is 143 cm³/mol. The molecule has 1 heterocycles. The zero-order chi connectivity index (χ0) is 24.2. The molecule has 1 aromatic heterocycles. The topological polar surface area (TPSA) is 54.3 Å². The summed E-state index contributed by atoms with van der Waals surface area (Å²) in [5.41, 5.74) is 4.98. The first-order chi connectivity index (χ1) is 17.1. The lowest BCUT2D eigenvalue weighted by Gasteiger charge is -2.27. The molecule has 2 N–H and O–H groups in total. The van der Waals surface area contributed by atoms with Crippen molar-refractivity contribution >= 4 is 16.8 Å². The Hall–Kier alpha value is -2.59. The van der Waals surface area contributed by atoms with E-state index < -0.39 is 0 Å². The molecule has 2 fully saturated rings. The third kappa shape index (κ3) is 5.81. The second kappa shape index (κ2) is 11.0. The van der Waals surface area contributed by atoms with Crippen LogP contribution in [0.5, 0.6) is 0 Å². The molecule has 2 saturated carbocycles. The van der Waals surface area contributed by atoms with E-state index in [0.29, 0.717) is 6.42 Å². The maximum absolute atomic E-state index is 13.3. The fraction of sp³-hybridized carbons (Fsp3) is 0.516. The lowest BCUT2D eigenvalue weighted by atomic mass is 9.86. The van der Waals surface area contributed by atoms with Gasteiger partial charge < -0.3 is 15.0 Å². The summed E-state index contributed by atoms with van der Waals surface area (Å²) >= 11 is 0. The molecule has 0 aliphatic heterocycles. The van der Waals surface area contributed by atoms with Crippen LogP contribution in [0.25, 0.3) is 10.9 Å². The number of aryl methyl sites for hydroxylation is 1. The van der Waals surface area contributed by atoms with Crippen molar-refractivity contribution in [2.45, 2.75) is 95.7 Å². The highest BCUT2D eigenvalue weighted by molar-refractivity contribution is 5.86. The molecule has 4 heteroatoms. The Bertz CT molecular complexity index is 1140. The summed E-state index contributed by atoms with van der Waals surface area (Å²) < 4.78 is 2.46. The molecule has 0 radical (unpaired) electrons. The van der Waals surface area contributed by atoms with Crippen LogP contribution >= 0.6 is 0 Å². The summed E-state index contributed by atoms with van der Waals surface area (Å²) in [5, 5.41) is 14.4. The van der Waals surface area contributed by atoms with Gasteiger partial charge in [-0.25, -0.2) is 0 Å². The predicted octanol–water partition coefficient (Wildman–Crippen LogP) is 6.47. The molecule has 3 aromatic rings. The second-order valence-electron chi connectivity index (χ2n) is 11.0. The van der Waals surface area contributed by atoms with Crippen LogP contribution in [-0.4, -0.2) is 27.7 Å². The van der Waals surface area contributed by atoms with Gasteiger partial charge in [0, 0.05) is 42.0 Å². The van der Waals surface area contributed by atoms with Crippen LogP contribution in [0.15, 0.2) is 54.7 Å². The number of fused-ring (bicyclic) bond motifs is 1. The lowest BCUT2D eigenvalue weighted by Crippen LogP contribution is -2.39. The van der Waals surface area contributed by atoms with Gasteiger partial charge in [0.05, 0.1) is 6.10 Å². The molecular formula is C31H40N2O2. The van der Waals surface area contributed by atoms with Gasteiger partial charge in [-0.2, -0.15) is 0 Å². The van der Waals surface area contributed by atoms with Crippen LogP contribution in [0.4, 0.5) is 0 Å². The Kier molecular flexibility index (Phi) is 7.57. The van der Waals surface area contributed by atoms with Crippen molar-refractivity contribution in [3.8, 4) is 0 Å². The number of rotatable bonds is 7. The molecule has 1 unspecified atom stereocenters. The first kappa shape index (κ1) is 24.1. The van der Waals surface area contributed by atoms with E-state index in [9.17, 15) is 9.90 Å². The summed E-state index contributed by atoms with van der Waals surface area (Å²) in [7, 11) is 0. The Labute approximate surface area is 209 Å². The molecule has 186 valence electrons. The van der Waals surface area contributed by atoms with Gasteiger partial charge in [0.15, 0.2) is 0 Å². The van der Waals surface area contributed by atoms with E-state index in [-0.39, 0.29) is 24.0 Å². The third-order valence-corrected chi connectivity index (χ3v) is 8.27. The van der Waals surface area contributed by atoms with Crippen molar-refractivity contribution in [1.82, 2.24) is 9.88 Å². The fourth-order valence-electron chi connectivity index (χ4n) is 6.34. The van der Waals surface area contributed by atoms with Crippen LogP contribution in [0, 0.1) is 12.8 Å². The van der Waals surface area contributed by atoms with Gasteiger partial charge in [-0.1, -0.05) is 67.3 Å². The second-order valence-corrected chi connectivity index (χ2v) is 11.0. The summed E-state index contributed by atoms with van der Waals surface area (Å²) in [6.07, 6.45) is 12.6. The quantitative estimate of drug-likeness (QED) is 0.414. The number of nitrogens with zero attached hydrogens (tertiary/aromatic N) is 1. The molecule has 2 aromatic carbocycles. The van der Waals surface area contributed by atoms with Crippen molar-refractivity contribution in [2.24, 2.45) is 5.92 Å². The number of carbonyl (C=O) groups excluding carboxylic acids is 1. The zero-order valence-corrected chi connectivity index (χ0v) is 21.1. The van der Waals surface area contributed by atoms with E-state index in [4.69, 9.17) is 0 Å². The number of benzene rings is 2. The Morgan fingerprint density at radius 2 is 1.77 bits per heavy atom. The zero-order valence-electron chi connectivity index (χ0n) is 21.1. The fourth-order valence-corrected chi connectivity index (χ4v) is 6.34. The minimum atomic E-state index is -0.210. The monoisotopic (exact) mass is 472 g/mol. The number of aliphatic hydroxyl groups is 1. The molecule has 1 atom stereocenters. The summed E-state index contributed by atoms with van der Waals surface area (Å²) in [5.74, 6) is 0.873. The standard InChI is InChI=1S/C31H40N2O2/c1-22-8-7-11-24(18-22)28(19-31(35)32-25-14-16-26(34)17-15-25)29-21-33(20-23-9-3-2-4-10-23)30-13-6-5-12-27(29)30/h5-8,11-13,18,21,23,25-26,28,34H,2-4,9-10,14-17,19-20H2,1H3,(H,32,35). The van der Waals surface area contributed by atoms with Crippen molar-refractivity contribution in [2.75, 3.05) is 0 Å². The van der Waals surface area contributed by atoms with Gasteiger partial charge in [-0.3, -0.25) is 4.79 Å². The number of hydrogen-bond acceptors (Lipinski definition) is 2. The van der Waals surface area contributed by atoms with Crippen molar-refractivity contribution < 1.29 is 9.90 Å². The van der Waals surface area contributed by atoms with Gasteiger partial charge in [-0.15, -0.1) is 0 Å². The number of amides is 1. The first-order valence-electron chi connectivity index (χ1n) is 13.7. The Balaban J connectivity index is 1.45. The van der Waals surface area contributed by atoms with Gasteiger partial charge in [0.1, 0.15) is 0 Å². The molecule has 0 spiro atoms. The smallest absolute Gasteiger partial charge is 0.221 e. The lowest BCUT2D eigenvalue weighted by molar-refractivity contribution is -0.122. The highest BCUT2D eigenvalue weighted by Crippen LogP contribution is 2.36. The van der Waals surface area contributed by atoms with E-state index >= 15 is 0 Å². The van der Waals surface area contributed by atoms with Gasteiger partial charge in [0.25, 0.3) is 0 Å². The molecule has 5 rings (SSSR count). The van der Waals surface area contributed by atoms with Crippen LogP contribution in [0.1, 0.15) is 86.8 Å². The van der Waals surface area contributed by atoms with E-state index in [1.807, 2.05) is 0 Å². The van der Waals surface area contributed by atoms with E-state index in [2.05, 4.69) is 71.5 Å². The normalized spacial score (nSPS) is 22.2. The number of carbonyl (C=O) groups is 1. The minimum Gasteiger partial charge on any atom is -0.393 e. The van der Waals surface area contributed by atoms with Gasteiger partial charge in [0.2, 0.25) is 5.91 Å². The molecular weight excluding hydrogens is 432 g/mol. The minimum absolute atomic E-state index is 0.0154. The summed E-state index contributed by atoms with van der Waals surface area (Å²) in [4.78, 5) is 13.3. The van der Waals surface area contributed by atoms with Crippen LogP contribution < -0.4 is 5.32 Å². The summed E-state index contributed by atoms with van der Waals surface area (Å²) in [6.45, 7) is 3.19. The van der Waals surface area contributed by atoms with Crippen LogP contribution in [-0.2, 0) is 11.3 Å². The van der Waals surface area contributed by atoms with Crippen molar-refractivity contribution in [3.63, 3.8) is 0 Å². The van der Waals surface area contributed by atoms with E-state index in [1.165, 1.54) is 59.7 Å². The molecule has 2 aliphatic rings.